The van der Waals surface area contributed by atoms with Crippen molar-refractivity contribution in [3.63, 3.8) is 0 Å². The molecule has 0 fully saturated rings. The molecule has 0 saturated carbocycles. The molecule has 2 aromatic carbocycles. The first-order valence-corrected chi connectivity index (χ1v) is 7.01. The second kappa shape index (κ2) is 6.06. The number of halogens is 1. The molecule has 21 heavy (non-hydrogen) atoms. The van der Waals surface area contributed by atoms with Crippen LogP contribution in [-0.4, -0.2) is 18.6 Å². The molecule has 1 aliphatic rings. The van der Waals surface area contributed by atoms with Gasteiger partial charge >= 0.3 is 5.97 Å². The third-order valence-electron chi connectivity index (χ3n) is 3.19. The number of ether oxygens (including phenoxy) is 2. The average molecular weight is 304 g/mol. The molecule has 108 valence electrons. The van der Waals surface area contributed by atoms with Crippen LogP contribution in [0.2, 0.25) is 5.02 Å². The summed E-state index contributed by atoms with van der Waals surface area (Å²) in [5.74, 6) is 0.282. The van der Waals surface area contributed by atoms with Gasteiger partial charge in [0.05, 0.1) is 12.2 Å². The Hall–Kier alpha value is -2.20. The molecule has 5 heteroatoms. The van der Waals surface area contributed by atoms with Gasteiger partial charge in [-0.3, -0.25) is 0 Å². The number of esters is 1. The lowest BCUT2D eigenvalue weighted by molar-refractivity contribution is -0.152. The predicted octanol–water partition coefficient (Wildman–Crippen LogP) is 3.26. The van der Waals surface area contributed by atoms with Gasteiger partial charge in [-0.2, -0.15) is 0 Å². The topological polar surface area (TPSA) is 47.6 Å². The average Bonchev–Trinajstić information content (AvgIpc) is 2.53. The number of benzene rings is 2. The molecule has 0 saturated heterocycles. The zero-order valence-electron chi connectivity index (χ0n) is 11.2. The molecule has 4 nitrogen and oxygen atoms in total. The van der Waals surface area contributed by atoms with Gasteiger partial charge in [-0.05, 0) is 29.8 Å². The van der Waals surface area contributed by atoms with Gasteiger partial charge in [0.15, 0.2) is 0 Å². The smallest absolute Gasteiger partial charge is 0.349 e. The number of rotatable bonds is 3. The molecule has 1 atom stereocenters. The van der Waals surface area contributed by atoms with Crippen LogP contribution in [0.15, 0.2) is 48.5 Å². The molecule has 1 aliphatic heterocycles. The van der Waals surface area contributed by atoms with E-state index in [2.05, 4.69) is 5.32 Å². The molecule has 0 bridgehead atoms. The van der Waals surface area contributed by atoms with Gasteiger partial charge in [0.1, 0.15) is 12.4 Å². The number of hydrogen-bond donors (Lipinski definition) is 1. The molecule has 0 aliphatic carbocycles. The van der Waals surface area contributed by atoms with Crippen LogP contribution in [0.1, 0.15) is 5.56 Å². The molecule has 1 N–H and O–H groups in total. The third-order valence-corrected chi connectivity index (χ3v) is 3.44. The standard InChI is InChI=1S/C16H14ClNO3/c17-12-7-5-11(6-8-12)10-20-16(19)15-9-18-13-3-1-2-4-14(13)21-15/h1-8,15,18H,9-10H2. The van der Waals surface area contributed by atoms with Crippen LogP contribution in [0, 0.1) is 0 Å². The van der Waals surface area contributed by atoms with Crippen LogP contribution in [0.4, 0.5) is 5.69 Å². The Labute approximate surface area is 127 Å². The fourth-order valence-electron chi connectivity index (χ4n) is 2.07. The van der Waals surface area contributed by atoms with E-state index < -0.39 is 6.10 Å². The monoisotopic (exact) mass is 303 g/mol. The van der Waals surface area contributed by atoms with Crippen molar-refractivity contribution in [2.24, 2.45) is 0 Å². The van der Waals surface area contributed by atoms with Gasteiger partial charge in [-0.15, -0.1) is 0 Å². The van der Waals surface area contributed by atoms with Crippen LogP contribution in [0.25, 0.3) is 0 Å². The fraction of sp³-hybridized carbons (Fsp3) is 0.188. The number of carbonyl (C=O) groups excluding carboxylic acids is 1. The van der Waals surface area contributed by atoms with Crippen molar-refractivity contribution < 1.29 is 14.3 Å². The van der Waals surface area contributed by atoms with Crippen molar-refractivity contribution >= 4 is 23.3 Å². The Morgan fingerprint density at radius 1 is 1.24 bits per heavy atom. The Morgan fingerprint density at radius 2 is 2.00 bits per heavy atom. The Bertz CT molecular complexity index is 642. The van der Waals surface area contributed by atoms with Gasteiger partial charge in [0.2, 0.25) is 6.10 Å². The highest BCUT2D eigenvalue weighted by molar-refractivity contribution is 6.30. The molecule has 0 radical (unpaired) electrons. The lowest BCUT2D eigenvalue weighted by atomic mass is 10.2. The normalized spacial score (nSPS) is 16.3. The Morgan fingerprint density at radius 3 is 2.81 bits per heavy atom. The van der Waals surface area contributed by atoms with E-state index in [9.17, 15) is 4.79 Å². The molecular formula is C16H14ClNO3. The summed E-state index contributed by atoms with van der Waals surface area (Å²) in [6.45, 7) is 0.605. The second-order valence-corrected chi connectivity index (χ2v) is 5.15. The van der Waals surface area contributed by atoms with Crippen LogP contribution in [0.5, 0.6) is 5.75 Å². The van der Waals surface area contributed by atoms with Gasteiger partial charge in [-0.1, -0.05) is 35.9 Å². The first-order valence-electron chi connectivity index (χ1n) is 6.63. The quantitative estimate of drug-likeness (QED) is 0.884. The Kier molecular flexibility index (Phi) is 3.97. The highest BCUT2D eigenvalue weighted by Crippen LogP contribution is 2.28. The van der Waals surface area contributed by atoms with E-state index in [-0.39, 0.29) is 12.6 Å². The third kappa shape index (κ3) is 3.28. The first-order chi connectivity index (χ1) is 10.2. The van der Waals surface area contributed by atoms with E-state index >= 15 is 0 Å². The fourth-order valence-corrected chi connectivity index (χ4v) is 2.20. The van der Waals surface area contributed by atoms with Crippen molar-refractivity contribution in [3.8, 4) is 5.75 Å². The molecule has 0 spiro atoms. The maximum atomic E-state index is 12.0. The molecule has 1 heterocycles. The van der Waals surface area contributed by atoms with E-state index in [1.165, 1.54) is 0 Å². The van der Waals surface area contributed by atoms with Crippen LogP contribution < -0.4 is 10.1 Å². The number of carbonyl (C=O) groups is 1. The van der Waals surface area contributed by atoms with Crippen molar-refractivity contribution in [1.29, 1.82) is 0 Å². The van der Waals surface area contributed by atoms with Crippen LogP contribution >= 0.6 is 11.6 Å². The Balaban J connectivity index is 1.58. The molecule has 1 unspecified atom stereocenters. The highest BCUT2D eigenvalue weighted by atomic mass is 35.5. The molecule has 0 aromatic heterocycles. The number of para-hydroxylation sites is 2. The SMILES string of the molecule is O=C(OCc1ccc(Cl)cc1)C1CNc2ccccc2O1. The van der Waals surface area contributed by atoms with E-state index in [4.69, 9.17) is 21.1 Å². The minimum Gasteiger partial charge on any atom is -0.475 e. The van der Waals surface area contributed by atoms with Gasteiger partial charge in [0, 0.05) is 5.02 Å². The molecule has 3 rings (SSSR count). The minimum absolute atomic E-state index is 0.206. The summed E-state index contributed by atoms with van der Waals surface area (Å²) in [6, 6.07) is 14.7. The summed E-state index contributed by atoms with van der Waals surface area (Å²) in [6.07, 6.45) is -0.632. The minimum atomic E-state index is -0.632. The summed E-state index contributed by atoms with van der Waals surface area (Å²) < 4.78 is 10.9. The summed E-state index contributed by atoms with van der Waals surface area (Å²) in [4.78, 5) is 12.0. The zero-order valence-corrected chi connectivity index (χ0v) is 12.0. The lowest BCUT2D eigenvalue weighted by Crippen LogP contribution is -2.38. The van der Waals surface area contributed by atoms with Gasteiger partial charge in [-0.25, -0.2) is 4.79 Å². The van der Waals surface area contributed by atoms with E-state index in [0.717, 1.165) is 11.3 Å². The number of anilines is 1. The van der Waals surface area contributed by atoms with Gasteiger partial charge < -0.3 is 14.8 Å². The summed E-state index contributed by atoms with van der Waals surface area (Å²) in [5.41, 5.74) is 1.77. The molecular weight excluding hydrogens is 290 g/mol. The van der Waals surface area contributed by atoms with Crippen molar-refractivity contribution in [3.05, 3.63) is 59.1 Å². The van der Waals surface area contributed by atoms with E-state index in [1.807, 2.05) is 36.4 Å². The first kappa shape index (κ1) is 13.8. The summed E-state index contributed by atoms with van der Waals surface area (Å²) in [5, 5.41) is 3.81. The van der Waals surface area contributed by atoms with Crippen molar-refractivity contribution in [1.82, 2.24) is 0 Å². The second-order valence-electron chi connectivity index (χ2n) is 4.72. The van der Waals surface area contributed by atoms with E-state index in [0.29, 0.717) is 17.3 Å². The largest absolute Gasteiger partial charge is 0.475 e. The molecule has 0 amide bonds. The summed E-state index contributed by atoms with van der Waals surface area (Å²) >= 11 is 5.81. The van der Waals surface area contributed by atoms with Crippen LogP contribution in [-0.2, 0) is 16.1 Å². The summed E-state index contributed by atoms with van der Waals surface area (Å²) in [7, 11) is 0. The van der Waals surface area contributed by atoms with Crippen molar-refractivity contribution in [2.75, 3.05) is 11.9 Å². The van der Waals surface area contributed by atoms with Crippen molar-refractivity contribution in [2.45, 2.75) is 12.7 Å². The number of nitrogens with one attached hydrogen (secondary N) is 1. The van der Waals surface area contributed by atoms with Crippen LogP contribution in [0.3, 0.4) is 0 Å². The predicted molar refractivity (Wildman–Crippen MR) is 80.6 cm³/mol. The maximum absolute atomic E-state index is 12.0. The zero-order chi connectivity index (χ0) is 14.7. The van der Waals surface area contributed by atoms with Gasteiger partial charge in [0.25, 0.3) is 0 Å². The highest BCUT2D eigenvalue weighted by Gasteiger charge is 2.26. The maximum Gasteiger partial charge on any atom is 0.349 e. The lowest BCUT2D eigenvalue weighted by Gasteiger charge is -2.25. The number of fused-ring (bicyclic) bond motifs is 1. The number of hydrogen-bond acceptors (Lipinski definition) is 4. The van der Waals surface area contributed by atoms with E-state index in [1.54, 1.807) is 12.1 Å². The molecule has 2 aromatic rings.